The van der Waals surface area contributed by atoms with Gasteiger partial charge in [-0.25, -0.2) is 0 Å². The molecular weight excluding hydrogens is 174 g/mol. The van der Waals surface area contributed by atoms with E-state index in [1.165, 1.54) is 12.8 Å². The van der Waals surface area contributed by atoms with E-state index in [0.717, 1.165) is 30.6 Å². The van der Waals surface area contributed by atoms with Crippen molar-refractivity contribution in [1.82, 2.24) is 15.3 Å². The second kappa shape index (κ2) is 4.51. The van der Waals surface area contributed by atoms with Crippen molar-refractivity contribution in [3.8, 4) is 0 Å². The fourth-order valence-electron chi connectivity index (χ4n) is 1.68. The van der Waals surface area contributed by atoms with Crippen molar-refractivity contribution in [2.75, 3.05) is 6.54 Å². The third-order valence-corrected chi connectivity index (χ3v) is 2.82. The Morgan fingerprint density at radius 3 is 3.00 bits per heavy atom. The highest BCUT2D eigenvalue weighted by Gasteiger charge is 2.27. The zero-order valence-corrected chi connectivity index (χ0v) is 8.61. The van der Waals surface area contributed by atoms with Crippen molar-refractivity contribution in [2.45, 2.75) is 26.3 Å². The predicted octanol–water partition coefficient (Wildman–Crippen LogP) is 1.61. The van der Waals surface area contributed by atoms with E-state index < -0.39 is 0 Å². The Morgan fingerprint density at radius 1 is 1.50 bits per heavy atom. The summed E-state index contributed by atoms with van der Waals surface area (Å²) in [6.07, 6.45) is 8.11. The van der Waals surface area contributed by atoms with Gasteiger partial charge in [0.15, 0.2) is 0 Å². The summed E-state index contributed by atoms with van der Waals surface area (Å²) in [5.41, 5.74) is 1.02. The van der Waals surface area contributed by atoms with E-state index in [-0.39, 0.29) is 0 Å². The van der Waals surface area contributed by atoms with E-state index in [1.807, 2.05) is 6.20 Å². The minimum atomic E-state index is 0.812. The van der Waals surface area contributed by atoms with Crippen molar-refractivity contribution in [3.05, 3.63) is 24.3 Å². The van der Waals surface area contributed by atoms with Crippen LogP contribution in [0.1, 0.15) is 25.5 Å². The lowest BCUT2D eigenvalue weighted by molar-refractivity contribution is 0.459. The van der Waals surface area contributed by atoms with Crippen molar-refractivity contribution in [1.29, 1.82) is 0 Å². The number of hydrogen-bond donors (Lipinski definition) is 1. The molecule has 0 aromatic carbocycles. The van der Waals surface area contributed by atoms with E-state index in [0.29, 0.717) is 0 Å². The van der Waals surface area contributed by atoms with E-state index in [4.69, 9.17) is 0 Å². The van der Waals surface area contributed by atoms with Crippen LogP contribution in [0.5, 0.6) is 0 Å². The van der Waals surface area contributed by atoms with Gasteiger partial charge in [-0.3, -0.25) is 9.97 Å². The summed E-state index contributed by atoms with van der Waals surface area (Å²) in [6.45, 7) is 4.26. The van der Waals surface area contributed by atoms with Crippen molar-refractivity contribution in [3.63, 3.8) is 0 Å². The maximum Gasteiger partial charge on any atom is 0.0724 e. The highest BCUT2D eigenvalue weighted by molar-refractivity contribution is 4.93. The fraction of sp³-hybridized carbons (Fsp3) is 0.636. The molecule has 1 aromatic rings. The lowest BCUT2D eigenvalue weighted by Crippen LogP contribution is -2.22. The second-order valence-electron chi connectivity index (χ2n) is 4.14. The highest BCUT2D eigenvalue weighted by atomic mass is 14.9. The van der Waals surface area contributed by atoms with Crippen LogP contribution in [0.3, 0.4) is 0 Å². The molecule has 1 saturated carbocycles. The van der Waals surface area contributed by atoms with Gasteiger partial charge in [0.25, 0.3) is 0 Å². The maximum atomic E-state index is 4.21. The van der Waals surface area contributed by atoms with Gasteiger partial charge in [0.1, 0.15) is 0 Å². The number of hydrogen-bond acceptors (Lipinski definition) is 3. The van der Waals surface area contributed by atoms with Crippen LogP contribution in [0.2, 0.25) is 0 Å². The van der Waals surface area contributed by atoms with Gasteiger partial charge in [-0.15, -0.1) is 0 Å². The van der Waals surface area contributed by atoms with Gasteiger partial charge in [-0.2, -0.15) is 0 Å². The summed E-state index contributed by atoms with van der Waals surface area (Å²) in [4.78, 5) is 8.24. The monoisotopic (exact) mass is 191 g/mol. The van der Waals surface area contributed by atoms with E-state index in [1.54, 1.807) is 12.4 Å². The largest absolute Gasteiger partial charge is 0.311 e. The number of aromatic nitrogens is 2. The molecule has 1 atom stereocenters. The zero-order valence-electron chi connectivity index (χ0n) is 8.61. The molecule has 14 heavy (non-hydrogen) atoms. The normalized spacial score (nSPS) is 18.1. The molecule has 1 heterocycles. The summed E-state index contributed by atoms with van der Waals surface area (Å²) >= 11 is 0. The van der Waals surface area contributed by atoms with E-state index in [9.17, 15) is 0 Å². The first-order valence-corrected chi connectivity index (χ1v) is 5.32. The number of rotatable bonds is 5. The van der Waals surface area contributed by atoms with Crippen molar-refractivity contribution < 1.29 is 0 Å². The lowest BCUT2D eigenvalue weighted by atomic mass is 10.1. The average Bonchev–Trinajstić information content (AvgIpc) is 3.02. The Balaban J connectivity index is 1.67. The molecule has 1 aliphatic rings. The molecule has 3 nitrogen and oxygen atoms in total. The third kappa shape index (κ3) is 2.77. The molecule has 0 spiro atoms. The molecule has 0 saturated heterocycles. The van der Waals surface area contributed by atoms with Crippen LogP contribution in [-0.4, -0.2) is 16.5 Å². The number of nitrogens with zero attached hydrogens (tertiary/aromatic N) is 2. The van der Waals surface area contributed by atoms with Gasteiger partial charge < -0.3 is 5.32 Å². The zero-order chi connectivity index (χ0) is 9.80. The van der Waals surface area contributed by atoms with Crippen LogP contribution in [0, 0.1) is 11.8 Å². The quantitative estimate of drug-likeness (QED) is 0.768. The standard InChI is InChI=1S/C11H17N3/c1-9(10-2-3-10)6-13-8-11-7-12-4-5-14-11/h4-5,7,9-10,13H,2-3,6,8H2,1H3. The fourth-order valence-corrected chi connectivity index (χ4v) is 1.68. The molecule has 1 unspecified atom stereocenters. The lowest BCUT2D eigenvalue weighted by Gasteiger charge is -2.10. The molecule has 1 aromatic heterocycles. The molecule has 2 rings (SSSR count). The summed E-state index contributed by atoms with van der Waals surface area (Å²) in [6, 6.07) is 0. The number of nitrogens with one attached hydrogen (secondary N) is 1. The molecule has 0 aliphatic heterocycles. The second-order valence-corrected chi connectivity index (χ2v) is 4.14. The summed E-state index contributed by atoms with van der Waals surface area (Å²) < 4.78 is 0. The van der Waals surface area contributed by atoms with Gasteiger partial charge in [-0.1, -0.05) is 6.92 Å². The van der Waals surface area contributed by atoms with Gasteiger partial charge >= 0.3 is 0 Å². The van der Waals surface area contributed by atoms with Crippen LogP contribution in [0.25, 0.3) is 0 Å². The van der Waals surface area contributed by atoms with Crippen LogP contribution in [0.4, 0.5) is 0 Å². The molecule has 0 bridgehead atoms. The van der Waals surface area contributed by atoms with Gasteiger partial charge in [-0.05, 0) is 31.2 Å². The smallest absolute Gasteiger partial charge is 0.0724 e. The minimum Gasteiger partial charge on any atom is -0.311 e. The maximum absolute atomic E-state index is 4.21. The first-order valence-electron chi connectivity index (χ1n) is 5.32. The summed E-state index contributed by atoms with van der Waals surface area (Å²) in [5.74, 6) is 1.79. The van der Waals surface area contributed by atoms with Crippen LogP contribution in [0.15, 0.2) is 18.6 Å². The Morgan fingerprint density at radius 2 is 2.36 bits per heavy atom. The van der Waals surface area contributed by atoms with Gasteiger partial charge in [0.05, 0.1) is 5.69 Å². The third-order valence-electron chi connectivity index (χ3n) is 2.82. The SMILES string of the molecule is CC(CNCc1cnccn1)C1CC1. The van der Waals surface area contributed by atoms with E-state index >= 15 is 0 Å². The summed E-state index contributed by atoms with van der Waals surface area (Å²) in [5, 5.41) is 3.42. The molecule has 0 radical (unpaired) electrons. The molecular formula is C11H17N3. The molecule has 1 N–H and O–H groups in total. The molecule has 3 heteroatoms. The molecule has 76 valence electrons. The van der Waals surface area contributed by atoms with Crippen molar-refractivity contribution in [2.24, 2.45) is 11.8 Å². The van der Waals surface area contributed by atoms with Gasteiger partial charge in [0, 0.05) is 25.1 Å². The molecule has 0 amide bonds. The molecule has 1 aliphatic carbocycles. The minimum absolute atomic E-state index is 0.812. The van der Waals surface area contributed by atoms with Crippen LogP contribution in [-0.2, 0) is 6.54 Å². The summed E-state index contributed by atoms with van der Waals surface area (Å²) in [7, 11) is 0. The first kappa shape index (κ1) is 9.59. The predicted molar refractivity (Wildman–Crippen MR) is 55.6 cm³/mol. The average molecular weight is 191 g/mol. The molecule has 1 fully saturated rings. The topological polar surface area (TPSA) is 37.8 Å². The van der Waals surface area contributed by atoms with Crippen molar-refractivity contribution >= 4 is 0 Å². The first-order chi connectivity index (χ1) is 6.86. The Labute approximate surface area is 85.0 Å². The van der Waals surface area contributed by atoms with Crippen LogP contribution >= 0.6 is 0 Å². The van der Waals surface area contributed by atoms with Crippen LogP contribution < -0.4 is 5.32 Å². The van der Waals surface area contributed by atoms with E-state index in [2.05, 4.69) is 22.2 Å². The Kier molecular flexibility index (Phi) is 3.09. The van der Waals surface area contributed by atoms with Gasteiger partial charge in [0.2, 0.25) is 0 Å². The Hall–Kier alpha value is -0.960. The highest BCUT2D eigenvalue weighted by Crippen LogP contribution is 2.35. The Bertz CT molecular complexity index is 269.